The third-order valence-electron chi connectivity index (χ3n) is 5.79. The summed E-state index contributed by atoms with van der Waals surface area (Å²) < 4.78 is 0. The van der Waals surface area contributed by atoms with E-state index >= 15 is 0 Å². The normalized spacial score (nSPS) is 20.2. The van der Waals surface area contributed by atoms with Crippen LogP contribution < -0.4 is 10.2 Å². The lowest BCUT2D eigenvalue weighted by Crippen LogP contribution is -3.15. The molecule has 144 valence electrons. The standard InChI is InChI=1S/C24H26N2OS/c1-18(26-16-8-14-21(26)22-15-9-17-28-22)24(27)25-23(19-10-4-2-5-11-19)20-12-6-3-7-13-20/h2-7,9-13,15,17-18,21,23H,8,14,16H2,1H3,(H,25,27)/p+1/t18-,21+/m0/s1. The highest BCUT2D eigenvalue weighted by atomic mass is 32.1. The van der Waals surface area contributed by atoms with Crippen LogP contribution in [-0.2, 0) is 4.79 Å². The van der Waals surface area contributed by atoms with Crippen LogP contribution in [0.4, 0.5) is 0 Å². The van der Waals surface area contributed by atoms with Crippen molar-refractivity contribution in [1.82, 2.24) is 5.32 Å². The van der Waals surface area contributed by atoms with E-state index in [1.165, 1.54) is 16.2 Å². The molecule has 28 heavy (non-hydrogen) atoms. The highest BCUT2D eigenvalue weighted by Gasteiger charge is 2.38. The Kier molecular flexibility index (Phi) is 5.89. The topological polar surface area (TPSA) is 33.5 Å². The van der Waals surface area contributed by atoms with Gasteiger partial charge >= 0.3 is 0 Å². The molecule has 1 amide bonds. The van der Waals surface area contributed by atoms with E-state index in [0.29, 0.717) is 6.04 Å². The molecule has 1 fully saturated rings. The van der Waals surface area contributed by atoms with Gasteiger partial charge in [0.2, 0.25) is 0 Å². The number of likely N-dealkylation sites (tertiary alicyclic amines) is 1. The quantitative estimate of drug-likeness (QED) is 0.659. The van der Waals surface area contributed by atoms with Gasteiger partial charge in [-0.3, -0.25) is 4.79 Å². The van der Waals surface area contributed by atoms with E-state index in [2.05, 4.69) is 54.0 Å². The number of quaternary nitrogens is 1. The average molecular weight is 392 g/mol. The fourth-order valence-corrected chi connectivity index (χ4v) is 5.19. The van der Waals surface area contributed by atoms with Gasteiger partial charge in [-0.2, -0.15) is 0 Å². The molecule has 1 unspecified atom stereocenters. The number of nitrogens with one attached hydrogen (secondary N) is 2. The van der Waals surface area contributed by atoms with Gasteiger partial charge in [0.1, 0.15) is 6.04 Å². The minimum atomic E-state index is -0.125. The average Bonchev–Trinajstić information content (AvgIpc) is 3.44. The second-order valence-corrected chi connectivity index (χ2v) is 8.50. The molecule has 0 spiro atoms. The van der Waals surface area contributed by atoms with Crippen molar-refractivity contribution >= 4 is 17.2 Å². The maximum absolute atomic E-state index is 13.3. The van der Waals surface area contributed by atoms with Gasteiger partial charge in [-0.25, -0.2) is 0 Å². The van der Waals surface area contributed by atoms with E-state index < -0.39 is 0 Å². The molecule has 1 saturated heterocycles. The predicted octanol–water partition coefficient (Wildman–Crippen LogP) is 3.76. The molecule has 2 N–H and O–H groups in total. The first kappa shape index (κ1) is 18.9. The molecule has 0 aliphatic carbocycles. The highest BCUT2D eigenvalue weighted by molar-refractivity contribution is 7.10. The Balaban J connectivity index is 1.54. The van der Waals surface area contributed by atoms with Gasteiger partial charge in [0.25, 0.3) is 5.91 Å². The van der Waals surface area contributed by atoms with Crippen molar-refractivity contribution in [2.75, 3.05) is 6.54 Å². The smallest absolute Gasteiger partial charge is 0.278 e. The van der Waals surface area contributed by atoms with Gasteiger partial charge in [0, 0.05) is 12.8 Å². The van der Waals surface area contributed by atoms with Crippen LogP contribution in [0.5, 0.6) is 0 Å². The molecule has 1 aromatic heterocycles. The number of carbonyl (C=O) groups is 1. The molecule has 2 aromatic carbocycles. The summed E-state index contributed by atoms with van der Waals surface area (Å²) >= 11 is 1.81. The molecule has 1 aliphatic heterocycles. The summed E-state index contributed by atoms with van der Waals surface area (Å²) in [5, 5.41) is 5.47. The van der Waals surface area contributed by atoms with E-state index in [4.69, 9.17) is 0 Å². The van der Waals surface area contributed by atoms with Crippen LogP contribution >= 0.6 is 11.3 Å². The van der Waals surface area contributed by atoms with Gasteiger partial charge in [-0.15, -0.1) is 11.3 Å². The Bertz CT molecular complexity index is 840. The first-order valence-corrected chi connectivity index (χ1v) is 10.9. The van der Waals surface area contributed by atoms with Crippen LogP contribution in [0.1, 0.15) is 47.9 Å². The van der Waals surface area contributed by atoms with Crippen LogP contribution in [-0.4, -0.2) is 18.5 Å². The van der Waals surface area contributed by atoms with Crippen molar-refractivity contribution in [3.63, 3.8) is 0 Å². The SMILES string of the molecule is C[C@@H](C(=O)NC(c1ccccc1)c1ccccc1)[NH+]1CCC[C@@H]1c1cccs1. The van der Waals surface area contributed by atoms with E-state index in [-0.39, 0.29) is 18.0 Å². The van der Waals surface area contributed by atoms with Gasteiger partial charge in [0.05, 0.1) is 17.5 Å². The van der Waals surface area contributed by atoms with Gasteiger partial charge in [0.15, 0.2) is 6.04 Å². The Labute approximate surface area is 171 Å². The third-order valence-corrected chi connectivity index (χ3v) is 6.78. The van der Waals surface area contributed by atoms with E-state index in [0.717, 1.165) is 24.1 Å². The summed E-state index contributed by atoms with van der Waals surface area (Å²) in [6.07, 6.45) is 2.34. The Morgan fingerprint density at radius 3 is 2.21 bits per heavy atom. The molecule has 0 radical (unpaired) electrons. The second kappa shape index (κ2) is 8.72. The minimum absolute atomic E-state index is 0.0791. The fraction of sp³-hybridized carbons (Fsp3) is 0.292. The van der Waals surface area contributed by atoms with Crippen molar-refractivity contribution < 1.29 is 9.69 Å². The molecule has 1 aliphatic rings. The van der Waals surface area contributed by atoms with Crippen LogP contribution in [0.25, 0.3) is 0 Å². The van der Waals surface area contributed by atoms with Crippen LogP contribution in [0.3, 0.4) is 0 Å². The summed E-state index contributed by atoms with van der Waals surface area (Å²) in [4.78, 5) is 16.1. The Morgan fingerprint density at radius 1 is 1.00 bits per heavy atom. The molecule has 0 saturated carbocycles. The summed E-state index contributed by atoms with van der Waals surface area (Å²) in [5.41, 5.74) is 2.22. The van der Waals surface area contributed by atoms with E-state index in [9.17, 15) is 4.79 Å². The van der Waals surface area contributed by atoms with Gasteiger partial charge < -0.3 is 10.2 Å². The Hall–Kier alpha value is -2.43. The fourth-order valence-electron chi connectivity index (χ4n) is 4.29. The molecule has 2 heterocycles. The van der Waals surface area contributed by atoms with E-state index in [1.807, 2.05) is 47.7 Å². The number of hydrogen-bond acceptors (Lipinski definition) is 2. The summed E-state index contributed by atoms with van der Waals surface area (Å²) in [5.74, 6) is 0.121. The zero-order valence-corrected chi connectivity index (χ0v) is 17.0. The summed E-state index contributed by atoms with van der Waals surface area (Å²) in [6, 6.07) is 25.0. The lowest BCUT2D eigenvalue weighted by molar-refractivity contribution is -0.931. The van der Waals surface area contributed by atoms with Crippen molar-refractivity contribution in [2.45, 2.75) is 37.9 Å². The lowest BCUT2D eigenvalue weighted by Gasteiger charge is -2.28. The van der Waals surface area contributed by atoms with Crippen LogP contribution in [0, 0.1) is 0 Å². The molecule has 3 atom stereocenters. The zero-order chi connectivity index (χ0) is 19.3. The number of hydrogen-bond donors (Lipinski definition) is 2. The van der Waals surface area contributed by atoms with E-state index in [1.54, 1.807) is 0 Å². The summed E-state index contributed by atoms with van der Waals surface area (Å²) in [7, 11) is 0. The van der Waals surface area contributed by atoms with Crippen LogP contribution in [0.2, 0.25) is 0 Å². The van der Waals surface area contributed by atoms with Crippen molar-refractivity contribution in [3.8, 4) is 0 Å². The lowest BCUT2D eigenvalue weighted by atomic mass is 9.98. The number of carbonyl (C=O) groups excluding carboxylic acids is 1. The number of amides is 1. The zero-order valence-electron chi connectivity index (χ0n) is 16.2. The molecule has 3 nitrogen and oxygen atoms in total. The highest BCUT2D eigenvalue weighted by Crippen LogP contribution is 2.25. The van der Waals surface area contributed by atoms with Crippen molar-refractivity contribution in [1.29, 1.82) is 0 Å². The Morgan fingerprint density at radius 2 is 1.64 bits per heavy atom. The molecule has 0 bridgehead atoms. The third kappa shape index (κ3) is 4.03. The van der Waals surface area contributed by atoms with Gasteiger partial charge in [-0.1, -0.05) is 66.7 Å². The molecule has 4 rings (SSSR count). The van der Waals surface area contributed by atoms with Crippen molar-refractivity contribution in [3.05, 3.63) is 94.2 Å². The molecule has 3 aromatic rings. The number of rotatable bonds is 6. The molecular weight excluding hydrogens is 364 g/mol. The first-order chi connectivity index (χ1) is 13.7. The number of benzene rings is 2. The summed E-state index contributed by atoms with van der Waals surface area (Å²) in [6.45, 7) is 3.13. The molecule has 4 heteroatoms. The maximum atomic E-state index is 13.3. The van der Waals surface area contributed by atoms with Crippen molar-refractivity contribution in [2.24, 2.45) is 0 Å². The second-order valence-electron chi connectivity index (χ2n) is 7.52. The predicted molar refractivity (Wildman–Crippen MR) is 114 cm³/mol. The monoisotopic (exact) mass is 391 g/mol. The van der Waals surface area contributed by atoms with Gasteiger partial charge in [-0.05, 0) is 29.5 Å². The van der Waals surface area contributed by atoms with Crippen LogP contribution in [0.15, 0.2) is 78.2 Å². The number of thiophene rings is 1. The largest absolute Gasteiger partial charge is 0.340 e. The minimum Gasteiger partial charge on any atom is -0.340 e. The molecular formula is C24H27N2OS+. The maximum Gasteiger partial charge on any atom is 0.278 e. The first-order valence-electron chi connectivity index (χ1n) is 10.0.